The molecule has 1 unspecified atom stereocenters. The second-order valence-electron chi connectivity index (χ2n) is 8.88. The first-order valence-electron chi connectivity index (χ1n) is 11.7. The normalized spacial score (nSPS) is 15.7. The molecule has 2 aromatic heterocycles. The van der Waals surface area contributed by atoms with E-state index in [-0.39, 0.29) is 29.3 Å². The summed E-state index contributed by atoms with van der Waals surface area (Å²) in [5.74, 6) is 0.143. The zero-order chi connectivity index (χ0) is 27.0. The summed E-state index contributed by atoms with van der Waals surface area (Å²) in [6.07, 6.45) is 0.683. The Labute approximate surface area is 220 Å². The van der Waals surface area contributed by atoms with E-state index < -0.39 is 11.7 Å². The molecule has 0 radical (unpaired) electrons. The van der Waals surface area contributed by atoms with Crippen LogP contribution in [0.1, 0.15) is 23.6 Å². The van der Waals surface area contributed by atoms with E-state index in [2.05, 4.69) is 11.6 Å². The van der Waals surface area contributed by atoms with Gasteiger partial charge >= 0.3 is 11.9 Å². The maximum absolute atomic E-state index is 13.6. The number of halogens is 4. The minimum atomic E-state index is -4.41. The fourth-order valence-corrected chi connectivity index (χ4v) is 4.88. The number of amides is 1. The Morgan fingerprint density at radius 3 is 2.61 bits per heavy atom. The van der Waals surface area contributed by atoms with Gasteiger partial charge in [0.25, 0.3) is 0 Å². The fourth-order valence-electron chi connectivity index (χ4n) is 4.65. The van der Waals surface area contributed by atoms with Gasteiger partial charge in [0.15, 0.2) is 0 Å². The molecule has 11 heteroatoms. The molecule has 1 amide bonds. The molecule has 0 aliphatic carbocycles. The van der Waals surface area contributed by atoms with Crippen molar-refractivity contribution >= 4 is 28.5 Å². The van der Waals surface area contributed by atoms with Gasteiger partial charge in [-0.25, -0.2) is 4.79 Å². The molecule has 3 heterocycles. The molecule has 7 nitrogen and oxygen atoms in total. The average molecular weight is 543 g/mol. The summed E-state index contributed by atoms with van der Waals surface area (Å²) in [6.45, 7) is 4.47. The van der Waals surface area contributed by atoms with E-state index in [0.29, 0.717) is 47.5 Å². The summed E-state index contributed by atoms with van der Waals surface area (Å²) in [4.78, 5) is 31.6. The number of imidazole rings is 1. The van der Waals surface area contributed by atoms with Crippen molar-refractivity contribution in [3.63, 3.8) is 0 Å². The summed E-state index contributed by atoms with van der Waals surface area (Å²) < 4.78 is 47.3. The predicted molar refractivity (Wildman–Crippen MR) is 137 cm³/mol. The second kappa shape index (κ2) is 10.0. The lowest BCUT2D eigenvalue weighted by Gasteiger charge is -2.15. The van der Waals surface area contributed by atoms with Gasteiger partial charge in [-0.05, 0) is 54.5 Å². The van der Waals surface area contributed by atoms with Gasteiger partial charge < -0.3 is 9.64 Å². The number of benzene rings is 2. The number of rotatable bonds is 6. The van der Waals surface area contributed by atoms with E-state index in [1.54, 1.807) is 46.1 Å². The first-order valence-corrected chi connectivity index (χ1v) is 12.1. The van der Waals surface area contributed by atoms with E-state index >= 15 is 0 Å². The third-order valence-corrected chi connectivity index (χ3v) is 6.83. The van der Waals surface area contributed by atoms with Gasteiger partial charge in [-0.2, -0.15) is 13.2 Å². The van der Waals surface area contributed by atoms with Crippen molar-refractivity contribution in [1.82, 2.24) is 19.0 Å². The van der Waals surface area contributed by atoms with Crippen LogP contribution >= 0.6 is 11.6 Å². The highest BCUT2D eigenvalue weighted by Crippen LogP contribution is 2.32. The van der Waals surface area contributed by atoms with Crippen LogP contribution in [0.3, 0.4) is 0 Å². The van der Waals surface area contributed by atoms with Crippen LogP contribution in [0.25, 0.3) is 16.7 Å². The standard InChI is InChI=1S/C27H22ClF3N4O3/c1-2-25(36)33-12-10-20(15-33)35-22-9-11-32-14-23(22)34(26(35)37)19-7-8-24(21(28)13-19)38-16-17-3-5-18(6-4-17)27(29,30)31/h2-9,11,13-14,20H,1,10,12,15-16H2. The highest BCUT2D eigenvalue weighted by Gasteiger charge is 2.31. The smallest absolute Gasteiger partial charge is 0.416 e. The van der Waals surface area contributed by atoms with E-state index in [9.17, 15) is 22.8 Å². The number of carbonyl (C=O) groups is 1. The molecule has 0 saturated carbocycles. The molecule has 0 spiro atoms. The number of ether oxygens (including phenoxy) is 1. The lowest BCUT2D eigenvalue weighted by molar-refractivity contribution is -0.137. The van der Waals surface area contributed by atoms with Crippen molar-refractivity contribution in [2.45, 2.75) is 25.2 Å². The van der Waals surface area contributed by atoms with Crippen LogP contribution in [-0.4, -0.2) is 38.0 Å². The van der Waals surface area contributed by atoms with Gasteiger partial charge in [-0.15, -0.1) is 0 Å². The summed E-state index contributed by atoms with van der Waals surface area (Å²) in [7, 11) is 0. The quantitative estimate of drug-likeness (QED) is 0.306. The summed E-state index contributed by atoms with van der Waals surface area (Å²) in [6, 6.07) is 11.1. The minimum Gasteiger partial charge on any atom is -0.487 e. The lowest BCUT2D eigenvalue weighted by atomic mass is 10.1. The first-order chi connectivity index (χ1) is 18.2. The predicted octanol–water partition coefficient (Wildman–Crippen LogP) is 5.40. The minimum absolute atomic E-state index is 0.0159. The SMILES string of the molecule is C=CC(=O)N1CCC(n2c(=O)n(-c3ccc(OCc4ccc(C(F)(F)F)cc4)c(Cl)c3)c3cnccc32)C1. The Bertz CT molecular complexity index is 1580. The number of nitrogens with zero attached hydrogens (tertiary/aromatic N) is 4. The molecule has 38 heavy (non-hydrogen) atoms. The van der Waals surface area contributed by atoms with Crippen molar-refractivity contribution in [1.29, 1.82) is 0 Å². The van der Waals surface area contributed by atoms with Gasteiger partial charge in [0.2, 0.25) is 5.91 Å². The Hall–Kier alpha value is -4.05. The molecule has 4 aromatic rings. The van der Waals surface area contributed by atoms with Gasteiger partial charge in [0.1, 0.15) is 12.4 Å². The van der Waals surface area contributed by atoms with Crippen LogP contribution in [0.15, 0.2) is 78.4 Å². The van der Waals surface area contributed by atoms with Crippen LogP contribution in [0, 0.1) is 0 Å². The molecule has 0 bridgehead atoms. The number of fused-ring (bicyclic) bond motifs is 1. The molecular weight excluding hydrogens is 521 g/mol. The molecular formula is C27H22ClF3N4O3. The Morgan fingerprint density at radius 2 is 1.92 bits per heavy atom. The number of alkyl halides is 3. The molecule has 0 N–H and O–H groups in total. The Kier molecular flexibility index (Phi) is 6.75. The van der Waals surface area contributed by atoms with Crippen LogP contribution in [0.5, 0.6) is 5.75 Å². The van der Waals surface area contributed by atoms with E-state index in [0.717, 1.165) is 12.1 Å². The third kappa shape index (κ3) is 4.79. The fraction of sp³-hybridized carbons (Fsp3) is 0.222. The van der Waals surface area contributed by atoms with E-state index in [4.69, 9.17) is 16.3 Å². The van der Waals surface area contributed by atoms with Crippen molar-refractivity contribution < 1.29 is 22.7 Å². The number of aromatic nitrogens is 3. The van der Waals surface area contributed by atoms with Crippen molar-refractivity contribution in [2.24, 2.45) is 0 Å². The molecule has 1 aliphatic heterocycles. The molecule has 196 valence electrons. The Morgan fingerprint density at radius 1 is 1.16 bits per heavy atom. The average Bonchev–Trinajstić information content (AvgIpc) is 3.49. The highest BCUT2D eigenvalue weighted by atomic mass is 35.5. The number of likely N-dealkylation sites (tertiary alicyclic amines) is 1. The second-order valence-corrected chi connectivity index (χ2v) is 9.29. The molecule has 1 aliphatic rings. The van der Waals surface area contributed by atoms with Crippen LogP contribution in [0.2, 0.25) is 5.02 Å². The number of hydrogen-bond donors (Lipinski definition) is 0. The van der Waals surface area contributed by atoms with E-state index in [1.807, 2.05) is 0 Å². The third-order valence-electron chi connectivity index (χ3n) is 6.54. The van der Waals surface area contributed by atoms with Gasteiger partial charge in [-0.3, -0.25) is 18.9 Å². The van der Waals surface area contributed by atoms with Crippen molar-refractivity contribution in [3.05, 3.63) is 100 Å². The summed E-state index contributed by atoms with van der Waals surface area (Å²) >= 11 is 6.47. The zero-order valence-electron chi connectivity index (χ0n) is 20.0. The topological polar surface area (TPSA) is 69.4 Å². The summed E-state index contributed by atoms with van der Waals surface area (Å²) in [5, 5.41) is 0.231. The largest absolute Gasteiger partial charge is 0.487 e. The number of pyridine rings is 1. The maximum Gasteiger partial charge on any atom is 0.416 e. The highest BCUT2D eigenvalue weighted by molar-refractivity contribution is 6.32. The molecule has 2 aromatic carbocycles. The van der Waals surface area contributed by atoms with Crippen LogP contribution < -0.4 is 10.4 Å². The van der Waals surface area contributed by atoms with Gasteiger partial charge in [0, 0.05) is 19.3 Å². The van der Waals surface area contributed by atoms with Crippen molar-refractivity contribution in [2.75, 3.05) is 13.1 Å². The van der Waals surface area contributed by atoms with E-state index in [1.165, 1.54) is 22.8 Å². The number of hydrogen-bond acceptors (Lipinski definition) is 4. The molecule has 1 saturated heterocycles. The van der Waals surface area contributed by atoms with Gasteiger partial charge in [0.05, 0.1) is 39.5 Å². The number of carbonyl (C=O) groups excluding carboxylic acids is 1. The monoisotopic (exact) mass is 542 g/mol. The Balaban J connectivity index is 1.42. The lowest BCUT2D eigenvalue weighted by Crippen LogP contribution is -2.31. The maximum atomic E-state index is 13.6. The van der Waals surface area contributed by atoms with Crippen LogP contribution in [0.4, 0.5) is 13.2 Å². The molecule has 1 fully saturated rings. The zero-order valence-corrected chi connectivity index (χ0v) is 20.7. The molecule has 5 rings (SSSR count). The first kappa shape index (κ1) is 25.6. The molecule has 1 atom stereocenters. The van der Waals surface area contributed by atoms with Crippen LogP contribution in [-0.2, 0) is 17.6 Å². The van der Waals surface area contributed by atoms with Crippen molar-refractivity contribution in [3.8, 4) is 11.4 Å². The van der Waals surface area contributed by atoms with Gasteiger partial charge in [-0.1, -0.05) is 30.3 Å². The summed E-state index contributed by atoms with van der Waals surface area (Å²) in [5.41, 5.74) is 1.28.